The maximum Gasteiger partial charge on any atom is 0.260 e. The fourth-order valence-corrected chi connectivity index (χ4v) is 6.13. The van der Waals surface area contributed by atoms with Crippen molar-refractivity contribution in [1.82, 2.24) is 9.29 Å². The van der Waals surface area contributed by atoms with Gasteiger partial charge in [0.05, 0.1) is 15.1 Å². The molecule has 6 nitrogen and oxygen atoms in total. The molecule has 1 amide bonds. The Bertz CT molecular complexity index is 1100. The van der Waals surface area contributed by atoms with Crippen LogP contribution in [-0.2, 0) is 10.0 Å². The van der Waals surface area contributed by atoms with Gasteiger partial charge in [-0.2, -0.15) is 4.31 Å². The fraction of sp³-hybridized carbons (Fsp3) is 0.333. The van der Waals surface area contributed by atoms with Gasteiger partial charge in [0.2, 0.25) is 10.0 Å². The lowest BCUT2D eigenvalue weighted by molar-refractivity contribution is 0.0988. The number of thiazole rings is 1. The molecule has 1 fully saturated rings. The van der Waals surface area contributed by atoms with Crippen LogP contribution in [-0.4, -0.2) is 43.2 Å². The van der Waals surface area contributed by atoms with Crippen LogP contribution < -0.4 is 4.90 Å². The van der Waals surface area contributed by atoms with Gasteiger partial charge in [-0.15, -0.1) is 0 Å². The molecule has 0 bridgehead atoms. The van der Waals surface area contributed by atoms with Crippen molar-refractivity contribution in [3.63, 3.8) is 0 Å². The van der Waals surface area contributed by atoms with Crippen LogP contribution >= 0.6 is 11.3 Å². The summed E-state index contributed by atoms with van der Waals surface area (Å²) in [6, 6.07) is 14.1. The highest BCUT2D eigenvalue weighted by molar-refractivity contribution is 7.89. The van der Waals surface area contributed by atoms with Gasteiger partial charge >= 0.3 is 0 Å². The molecule has 0 unspecified atom stereocenters. The first-order chi connectivity index (χ1) is 14.0. The van der Waals surface area contributed by atoms with Crippen molar-refractivity contribution in [1.29, 1.82) is 0 Å². The third kappa shape index (κ3) is 3.92. The second-order valence-corrected chi connectivity index (χ2v) is 9.95. The summed E-state index contributed by atoms with van der Waals surface area (Å²) in [6.07, 6.45) is 2.80. The Balaban J connectivity index is 1.65. The number of rotatable bonds is 5. The van der Waals surface area contributed by atoms with E-state index in [1.807, 2.05) is 31.2 Å². The number of carbonyl (C=O) groups excluding carboxylic acids is 1. The minimum absolute atomic E-state index is 0.172. The summed E-state index contributed by atoms with van der Waals surface area (Å²) >= 11 is 1.45. The third-order valence-corrected chi connectivity index (χ3v) is 8.06. The number of nitrogens with zero attached hydrogens (tertiary/aromatic N) is 3. The number of piperidine rings is 1. The fourth-order valence-electron chi connectivity index (χ4n) is 3.54. The summed E-state index contributed by atoms with van der Waals surface area (Å²) in [7, 11) is -3.59. The highest BCUT2D eigenvalue weighted by atomic mass is 32.2. The molecule has 0 radical (unpaired) electrons. The molecule has 0 atom stereocenters. The molecule has 152 valence electrons. The second kappa shape index (κ2) is 8.22. The van der Waals surface area contributed by atoms with Crippen LogP contribution in [0.15, 0.2) is 53.4 Å². The molecule has 3 aromatic rings. The lowest BCUT2D eigenvalue weighted by atomic mass is 10.2. The van der Waals surface area contributed by atoms with Crippen molar-refractivity contribution < 1.29 is 13.2 Å². The number of anilines is 1. The number of benzene rings is 2. The third-order valence-electron chi connectivity index (χ3n) is 5.11. The van der Waals surface area contributed by atoms with Gasteiger partial charge < -0.3 is 0 Å². The summed E-state index contributed by atoms with van der Waals surface area (Å²) < 4.78 is 28.5. The second-order valence-electron chi connectivity index (χ2n) is 7.01. The van der Waals surface area contributed by atoms with Crippen molar-refractivity contribution >= 4 is 42.6 Å². The number of para-hydroxylation sites is 1. The van der Waals surface area contributed by atoms with Crippen LogP contribution in [0.25, 0.3) is 10.2 Å². The van der Waals surface area contributed by atoms with E-state index in [2.05, 4.69) is 4.98 Å². The molecule has 0 saturated carbocycles. The SMILES string of the molecule is CCN(C(=O)c1cccc(S(=O)(=O)N2CCCCC2)c1)c1nc2ccccc2s1. The summed E-state index contributed by atoms with van der Waals surface area (Å²) in [4.78, 5) is 19.5. The molecule has 4 rings (SSSR count). The molecule has 1 aliphatic heterocycles. The van der Waals surface area contributed by atoms with E-state index >= 15 is 0 Å². The Hall–Kier alpha value is -2.29. The van der Waals surface area contributed by atoms with Crippen molar-refractivity contribution in [2.45, 2.75) is 31.1 Å². The van der Waals surface area contributed by atoms with E-state index in [4.69, 9.17) is 0 Å². The van der Waals surface area contributed by atoms with Crippen LogP contribution in [0, 0.1) is 0 Å². The van der Waals surface area contributed by atoms with Gasteiger partial charge in [-0.25, -0.2) is 13.4 Å². The molecule has 0 N–H and O–H groups in total. The first-order valence-electron chi connectivity index (χ1n) is 9.78. The predicted molar refractivity (Wildman–Crippen MR) is 116 cm³/mol. The molecule has 29 heavy (non-hydrogen) atoms. The molecular weight excluding hydrogens is 406 g/mol. The Morgan fingerprint density at radius 1 is 1.10 bits per heavy atom. The van der Waals surface area contributed by atoms with E-state index < -0.39 is 10.0 Å². The zero-order chi connectivity index (χ0) is 20.4. The minimum atomic E-state index is -3.59. The van der Waals surface area contributed by atoms with Gasteiger partial charge in [-0.1, -0.05) is 36.0 Å². The van der Waals surface area contributed by atoms with Crippen molar-refractivity contribution in [3.8, 4) is 0 Å². The molecule has 1 aliphatic rings. The standard InChI is InChI=1S/C21H23N3O3S2/c1-2-24(21-22-18-11-4-5-12-19(18)28-21)20(25)16-9-8-10-17(15-16)29(26,27)23-13-6-3-7-14-23/h4-5,8-12,15H,2-3,6-7,13-14H2,1H3. The summed E-state index contributed by atoms with van der Waals surface area (Å²) in [6.45, 7) is 3.40. The van der Waals surface area contributed by atoms with Gasteiger partial charge in [0.25, 0.3) is 5.91 Å². The highest BCUT2D eigenvalue weighted by Crippen LogP contribution is 2.30. The Morgan fingerprint density at radius 2 is 1.86 bits per heavy atom. The number of carbonyl (C=O) groups is 1. The number of amides is 1. The van der Waals surface area contributed by atoms with Crippen molar-refractivity contribution in [2.75, 3.05) is 24.5 Å². The quantitative estimate of drug-likeness (QED) is 0.611. The minimum Gasteiger partial charge on any atom is -0.284 e. The monoisotopic (exact) mass is 429 g/mol. The van der Waals surface area contributed by atoms with Crippen LogP contribution in [0.4, 0.5) is 5.13 Å². The average Bonchev–Trinajstić information content (AvgIpc) is 3.18. The molecule has 1 aromatic heterocycles. The van der Waals surface area contributed by atoms with E-state index in [0.717, 1.165) is 29.5 Å². The van der Waals surface area contributed by atoms with Crippen molar-refractivity contribution in [2.24, 2.45) is 0 Å². The maximum absolute atomic E-state index is 13.2. The highest BCUT2D eigenvalue weighted by Gasteiger charge is 2.27. The summed E-state index contributed by atoms with van der Waals surface area (Å²) in [5.74, 6) is -0.248. The number of sulfonamides is 1. The average molecular weight is 430 g/mol. The maximum atomic E-state index is 13.2. The van der Waals surface area contributed by atoms with Crippen LogP contribution in [0.2, 0.25) is 0 Å². The molecule has 8 heteroatoms. The largest absolute Gasteiger partial charge is 0.284 e. The number of hydrogen-bond donors (Lipinski definition) is 0. The van der Waals surface area contributed by atoms with Crippen molar-refractivity contribution in [3.05, 3.63) is 54.1 Å². The summed E-state index contributed by atoms with van der Waals surface area (Å²) in [5, 5.41) is 0.614. The van der Waals surface area contributed by atoms with E-state index in [9.17, 15) is 13.2 Å². The normalized spacial score (nSPS) is 15.5. The van der Waals surface area contributed by atoms with Gasteiger partial charge in [0.1, 0.15) is 0 Å². The van der Waals surface area contributed by atoms with Gasteiger partial charge in [0, 0.05) is 25.2 Å². The topological polar surface area (TPSA) is 70.6 Å². The molecule has 0 aliphatic carbocycles. The number of aromatic nitrogens is 1. The summed E-state index contributed by atoms with van der Waals surface area (Å²) in [5.41, 5.74) is 1.20. The molecule has 1 saturated heterocycles. The van der Waals surface area contributed by atoms with Crippen LogP contribution in [0.1, 0.15) is 36.5 Å². The molecule has 0 spiro atoms. The number of fused-ring (bicyclic) bond motifs is 1. The lowest BCUT2D eigenvalue weighted by Crippen LogP contribution is -2.36. The molecule has 2 aromatic carbocycles. The van der Waals surface area contributed by atoms with Gasteiger partial charge in [-0.05, 0) is 50.1 Å². The lowest BCUT2D eigenvalue weighted by Gasteiger charge is -2.26. The smallest absolute Gasteiger partial charge is 0.260 e. The molecular formula is C21H23N3O3S2. The first-order valence-corrected chi connectivity index (χ1v) is 12.0. The number of hydrogen-bond acceptors (Lipinski definition) is 5. The zero-order valence-corrected chi connectivity index (χ0v) is 17.9. The Kier molecular flexibility index (Phi) is 5.67. The van der Waals surface area contributed by atoms with Gasteiger partial charge in [-0.3, -0.25) is 9.69 Å². The Morgan fingerprint density at radius 3 is 2.59 bits per heavy atom. The molecule has 2 heterocycles. The first kappa shape index (κ1) is 20.0. The van der Waals surface area contributed by atoms with Crippen LogP contribution in [0.3, 0.4) is 0 Å². The van der Waals surface area contributed by atoms with E-state index in [1.165, 1.54) is 21.7 Å². The van der Waals surface area contributed by atoms with Gasteiger partial charge in [0.15, 0.2) is 5.13 Å². The van der Waals surface area contributed by atoms with E-state index in [-0.39, 0.29) is 10.8 Å². The zero-order valence-electron chi connectivity index (χ0n) is 16.2. The predicted octanol–water partition coefficient (Wildman–Crippen LogP) is 4.14. The van der Waals surface area contributed by atoms with E-state index in [0.29, 0.717) is 30.3 Å². The Labute approximate surface area is 174 Å². The van der Waals surface area contributed by atoms with Crippen LogP contribution in [0.5, 0.6) is 0 Å². The van der Waals surface area contributed by atoms with E-state index in [1.54, 1.807) is 23.1 Å².